The molecule has 37 heavy (non-hydrogen) atoms. The average Bonchev–Trinajstić information content (AvgIpc) is 3.45. The normalized spacial score (nSPS) is 23.0. The van der Waals surface area contributed by atoms with Crippen LogP contribution in [0.25, 0.3) is 0 Å². The van der Waals surface area contributed by atoms with Gasteiger partial charge in [0.1, 0.15) is 0 Å². The van der Waals surface area contributed by atoms with Crippen molar-refractivity contribution in [3.63, 3.8) is 0 Å². The number of β-lactam (4-membered cyclic amide) rings is 1. The number of carbonyl (C=O) groups is 4. The van der Waals surface area contributed by atoms with E-state index in [1.165, 1.54) is 28.6 Å². The maximum atomic E-state index is 12.9. The number of thioether (sulfide) groups is 1. The Labute approximate surface area is 227 Å². The van der Waals surface area contributed by atoms with E-state index in [9.17, 15) is 29.5 Å². The van der Waals surface area contributed by atoms with E-state index >= 15 is 0 Å². The van der Waals surface area contributed by atoms with Gasteiger partial charge in [-0.05, 0) is 6.42 Å². The number of hydrogen-bond donors (Lipinski definition) is 5. The monoisotopic (exact) mass is 613 g/mol. The number of likely N-dealkylation sites (tertiary alicyclic amines) is 1. The molecule has 2 saturated heterocycles. The zero-order valence-electron chi connectivity index (χ0n) is 19.3. The van der Waals surface area contributed by atoms with Crippen molar-refractivity contribution in [2.75, 3.05) is 38.5 Å². The summed E-state index contributed by atoms with van der Waals surface area (Å²) in [5, 5.41) is 35.8. The molecule has 1 aromatic heterocycles. The quantitative estimate of drug-likeness (QED) is 0.0333. The fourth-order valence-electron chi connectivity index (χ4n) is 4.13. The summed E-state index contributed by atoms with van der Waals surface area (Å²) in [6.07, 6.45) is 1.99. The maximum absolute atomic E-state index is 12.9. The summed E-state index contributed by atoms with van der Waals surface area (Å²) in [4.78, 5) is 57.2. The molecule has 3 atom stereocenters. The van der Waals surface area contributed by atoms with E-state index in [1.807, 2.05) is 0 Å². The van der Waals surface area contributed by atoms with Crippen molar-refractivity contribution in [1.82, 2.24) is 29.8 Å². The Balaban J connectivity index is 1.47. The first kappa shape index (κ1) is 27.3. The number of fused-ring (bicyclic) bond motifs is 1. The summed E-state index contributed by atoms with van der Waals surface area (Å²) in [5.74, 6) is -2.84. The molecule has 5 N–H and O–H groups in total. The second-order valence-corrected chi connectivity index (χ2v) is 12.0. The molecule has 4 heterocycles. The molecule has 3 amide bonds. The van der Waals surface area contributed by atoms with Crippen LogP contribution in [0.1, 0.15) is 12.2 Å². The molecule has 0 aliphatic carbocycles. The van der Waals surface area contributed by atoms with Crippen LogP contribution < -0.4 is 14.4 Å². The van der Waals surface area contributed by atoms with Crippen LogP contribution in [0, 0.1) is 0 Å². The van der Waals surface area contributed by atoms with E-state index < -0.39 is 34.9 Å². The molecule has 1 aromatic rings. The third-order valence-electron chi connectivity index (χ3n) is 5.86. The van der Waals surface area contributed by atoms with Crippen LogP contribution in [-0.2, 0) is 19.2 Å². The molecule has 0 aromatic carbocycles. The van der Waals surface area contributed by atoms with Gasteiger partial charge in [0.05, 0.1) is 6.61 Å². The molecule has 0 saturated carbocycles. The predicted molar refractivity (Wildman–Crippen MR) is 135 cm³/mol. The summed E-state index contributed by atoms with van der Waals surface area (Å²) in [7, 11) is 0. The van der Waals surface area contributed by atoms with Crippen molar-refractivity contribution in [1.29, 1.82) is 0 Å². The van der Waals surface area contributed by atoms with Gasteiger partial charge in [-0.2, -0.15) is 0 Å². The number of hydrogen-bond acceptors (Lipinski definition) is 12. The van der Waals surface area contributed by atoms with E-state index in [1.54, 1.807) is 11.0 Å². The molecule has 3 aliphatic rings. The number of aliphatic carboxylic acids is 1. The number of allylic oxidation sites excluding steroid dienone is 1. The number of carboxylic acids is 1. The van der Waals surface area contributed by atoms with Gasteiger partial charge < -0.3 is 15.3 Å². The number of oxime groups is 1. The Kier molecular flexibility index (Phi) is 8.64. The predicted octanol–water partition coefficient (Wildman–Crippen LogP) is -3.55. The molecule has 0 spiro atoms. The Hall–Kier alpha value is -2.78. The van der Waals surface area contributed by atoms with Gasteiger partial charge in [-0.3, -0.25) is 4.79 Å². The minimum atomic E-state index is -1.31. The SMILES string of the molecule is O=C(O)C1=C(C=C2CCN(CCNCCO)C2=O)CS[C@@H]2[C@H](NC(=O)C(=NO)c3nsc([AsH2])n3)C(=O)N12. The molecular weight excluding hydrogens is 589 g/mol. The summed E-state index contributed by atoms with van der Waals surface area (Å²) in [5.41, 5.74) is 0.140. The van der Waals surface area contributed by atoms with Crippen molar-refractivity contribution in [2.45, 2.75) is 17.8 Å². The number of rotatable bonds is 10. The number of carboxylic acid groups (broad SMARTS) is 1. The van der Waals surface area contributed by atoms with Crippen LogP contribution in [0.4, 0.5) is 0 Å². The fourth-order valence-corrected chi connectivity index (χ4v) is 6.46. The Bertz CT molecular complexity index is 1220. The molecule has 3 aliphatic heterocycles. The molecular formula is C20H24AsN7O7S2. The van der Waals surface area contributed by atoms with E-state index in [-0.39, 0.29) is 29.8 Å². The van der Waals surface area contributed by atoms with E-state index in [4.69, 9.17) is 5.11 Å². The van der Waals surface area contributed by atoms with Gasteiger partial charge in [-0.25, -0.2) is 0 Å². The van der Waals surface area contributed by atoms with Crippen LogP contribution in [0.15, 0.2) is 28.1 Å². The molecule has 198 valence electrons. The number of aliphatic hydroxyl groups is 1. The topological polar surface area (TPSA) is 198 Å². The molecule has 1 unspecified atom stereocenters. The molecule has 17 heteroatoms. The number of nitrogens with one attached hydrogen (secondary N) is 2. The van der Waals surface area contributed by atoms with E-state index in [0.29, 0.717) is 47.5 Å². The minimum absolute atomic E-state index is 0.00307. The molecule has 2 fully saturated rings. The zero-order chi connectivity index (χ0) is 26.7. The Morgan fingerprint density at radius 1 is 1.30 bits per heavy atom. The van der Waals surface area contributed by atoms with Gasteiger partial charge in [0, 0.05) is 31.8 Å². The number of amides is 3. The second kappa shape index (κ2) is 11.7. The van der Waals surface area contributed by atoms with Gasteiger partial charge in [0.15, 0.2) is 0 Å². The molecule has 0 radical (unpaired) electrons. The Morgan fingerprint density at radius 3 is 2.73 bits per heavy atom. The van der Waals surface area contributed by atoms with Crippen molar-refractivity contribution < 1.29 is 34.6 Å². The van der Waals surface area contributed by atoms with E-state index in [2.05, 4.69) is 25.1 Å². The van der Waals surface area contributed by atoms with Gasteiger partial charge >= 0.3 is 157 Å². The second-order valence-electron chi connectivity index (χ2n) is 8.13. The van der Waals surface area contributed by atoms with Gasteiger partial charge in [0.25, 0.3) is 0 Å². The van der Waals surface area contributed by atoms with Gasteiger partial charge in [-0.15, -0.1) is 0 Å². The molecule has 14 nitrogen and oxygen atoms in total. The zero-order valence-corrected chi connectivity index (χ0v) is 23.3. The molecule has 4 rings (SSSR count). The number of aromatic nitrogens is 2. The van der Waals surface area contributed by atoms with Crippen LogP contribution in [-0.4, -0.2) is 131 Å². The first-order chi connectivity index (χ1) is 17.8. The summed E-state index contributed by atoms with van der Waals surface area (Å²) in [6.45, 7) is 1.91. The van der Waals surface area contributed by atoms with Crippen LogP contribution >= 0.6 is 23.3 Å². The summed E-state index contributed by atoms with van der Waals surface area (Å²) >= 11 is 3.49. The summed E-state index contributed by atoms with van der Waals surface area (Å²) < 4.78 is 4.56. The van der Waals surface area contributed by atoms with Gasteiger partial charge in [-0.1, -0.05) is 0 Å². The number of aliphatic hydroxyl groups excluding tert-OH is 1. The standard InChI is InChI=1S/C20H24AsN7O7S2/c21-20-24-14(26-37-20)11(25-35)15(30)23-12-17(32)28-13(19(33)34)10(8-36-18(12)28)7-9-1-4-27(16(9)31)5-2-22-3-6-29/h7,12,18,22,29,35H,1-6,8,21H2,(H,23,30)(H,33,34)/t12-,18-/m1/s1. The van der Waals surface area contributed by atoms with Crippen molar-refractivity contribution in [3.8, 4) is 0 Å². The van der Waals surface area contributed by atoms with E-state index in [0.717, 1.165) is 16.4 Å². The Morgan fingerprint density at radius 2 is 2.08 bits per heavy atom. The van der Waals surface area contributed by atoms with Crippen LogP contribution in [0.3, 0.4) is 0 Å². The first-order valence-corrected chi connectivity index (χ1v) is 14.1. The summed E-state index contributed by atoms with van der Waals surface area (Å²) in [6, 6.07) is -1.03. The van der Waals surface area contributed by atoms with Gasteiger partial charge in [0.2, 0.25) is 5.91 Å². The average molecular weight is 614 g/mol. The van der Waals surface area contributed by atoms with Crippen molar-refractivity contribution in [2.24, 2.45) is 5.16 Å². The third-order valence-corrected chi connectivity index (χ3v) is 8.64. The fraction of sp³-hybridized carbons (Fsp3) is 0.450. The number of carbonyl (C=O) groups excluding carboxylic acids is 3. The molecule has 0 bridgehead atoms. The van der Waals surface area contributed by atoms with Crippen molar-refractivity contribution >= 4 is 73.3 Å². The van der Waals surface area contributed by atoms with Crippen molar-refractivity contribution in [3.05, 3.63) is 28.7 Å². The van der Waals surface area contributed by atoms with Crippen LogP contribution in [0.5, 0.6) is 0 Å². The first-order valence-electron chi connectivity index (χ1n) is 11.1. The third kappa shape index (κ3) is 5.57. The number of nitrogens with zero attached hydrogens (tertiary/aromatic N) is 5. The van der Waals surface area contributed by atoms with Crippen LogP contribution in [0.2, 0.25) is 0 Å².